The lowest BCUT2D eigenvalue weighted by Crippen LogP contribution is -2.72. The highest BCUT2D eigenvalue weighted by molar-refractivity contribution is 14.0. The van der Waals surface area contributed by atoms with Crippen molar-refractivity contribution in [2.45, 2.75) is 72.3 Å². The molecule has 2 fully saturated rings. The second kappa shape index (κ2) is 9.42. The van der Waals surface area contributed by atoms with Gasteiger partial charge in [0.15, 0.2) is 5.96 Å². The van der Waals surface area contributed by atoms with E-state index >= 15 is 0 Å². The molecule has 5 nitrogen and oxygen atoms in total. The molecule has 0 aromatic heterocycles. The van der Waals surface area contributed by atoms with Crippen molar-refractivity contribution < 1.29 is 4.79 Å². The van der Waals surface area contributed by atoms with Gasteiger partial charge in [0, 0.05) is 50.1 Å². The highest BCUT2D eigenvalue weighted by Gasteiger charge is 2.53. The number of amides is 1. The number of carbonyl (C=O) groups is 1. The molecule has 2 heterocycles. The van der Waals surface area contributed by atoms with Gasteiger partial charge in [-0.2, -0.15) is 0 Å². The summed E-state index contributed by atoms with van der Waals surface area (Å²) < 4.78 is 0. The van der Waals surface area contributed by atoms with Crippen molar-refractivity contribution in [3.63, 3.8) is 0 Å². The first-order valence-electron chi connectivity index (χ1n) is 9.63. The van der Waals surface area contributed by atoms with Gasteiger partial charge in [0.1, 0.15) is 0 Å². The SMILES string of the molecule is CCNC(=NCCCN1CCCCCC1=O)N1CC(C)(C)C1(C)C.I. The fraction of sp³-hybridized carbons (Fsp3) is 0.895. The molecule has 0 bridgehead atoms. The van der Waals surface area contributed by atoms with Gasteiger partial charge in [-0.05, 0) is 40.0 Å². The van der Waals surface area contributed by atoms with E-state index in [0.29, 0.717) is 11.3 Å². The summed E-state index contributed by atoms with van der Waals surface area (Å²) in [5, 5.41) is 3.43. The average molecular weight is 464 g/mol. The van der Waals surface area contributed by atoms with E-state index < -0.39 is 0 Å². The van der Waals surface area contributed by atoms with Gasteiger partial charge in [-0.15, -0.1) is 24.0 Å². The first-order chi connectivity index (χ1) is 11.3. The Hall–Kier alpha value is -0.530. The van der Waals surface area contributed by atoms with Gasteiger partial charge >= 0.3 is 0 Å². The summed E-state index contributed by atoms with van der Waals surface area (Å²) in [7, 11) is 0. The number of aliphatic imine (C=N–C) groups is 1. The molecule has 0 atom stereocenters. The number of likely N-dealkylation sites (tertiary alicyclic amines) is 2. The Bertz CT molecular complexity index is 476. The van der Waals surface area contributed by atoms with Crippen LogP contribution < -0.4 is 5.32 Å². The van der Waals surface area contributed by atoms with Crippen LogP contribution >= 0.6 is 24.0 Å². The molecular weight excluding hydrogens is 427 g/mol. The minimum atomic E-state index is 0. The van der Waals surface area contributed by atoms with Crippen LogP contribution in [-0.2, 0) is 4.79 Å². The normalized spacial score (nSPS) is 22.8. The number of carbonyl (C=O) groups excluding carboxylic acids is 1. The number of nitrogens with zero attached hydrogens (tertiary/aromatic N) is 3. The Kier molecular flexibility index (Phi) is 8.48. The zero-order valence-corrected chi connectivity index (χ0v) is 19.1. The molecule has 2 aliphatic heterocycles. The highest BCUT2D eigenvalue weighted by atomic mass is 127. The summed E-state index contributed by atoms with van der Waals surface area (Å²) in [6.07, 6.45) is 5.05. The fourth-order valence-electron chi connectivity index (χ4n) is 3.52. The van der Waals surface area contributed by atoms with Crippen molar-refractivity contribution in [1.29, 1.82) is 0 Å². The molecule has 0 unspecified atom stereocenters. The fourth-order valence-corrected chi connectivity index (χ4v) is 3.52. The van der Waals surface area contributed by atoms with Crippen molar-refractivity contribution in [2.24, 2.45) is 10.4 Å². The zero-order chi connectivity index (χ0) is 17.8. The van der Waals surface area contributed by atoms with Crippen molar-refractivity contribution in [1.82, 2.24) is 15.1 Å². The maximum absolute atomic E-state index is 12.0. The van der Waals surface area contributed by atoms with Gasteiger partial charge in [-0.25, -0.2) is 0 Å². The van der Waals surface area contributed by atoms with Gasteiger partial charge in [-0.3, -0.25) is 9.79 Å². The third-order valence-corrected chi connectivity index (χ3v) is 5.99. The maximum Gasteiger partial charge on any atom is 0.222 e. The highest BCUT2D eigenvalue weighted by Crippen LogP contribution is 2.46. The van der Waals surface area contributed by atoms with Crippen LogP contribution in [0.15, 0.2) is 4.99 Å². The third-order valence-electron chi connectivity index (χ3n) is 5.99. The van der Waals surface area contributed by atoms with E-state index in [1.54, 1.807) is 0 Å². The summed E-state index contributed by atoms with van der Waals surface area (Å²) in [5.41, 5.74) is 0.427. The quantitative estimate of drug-likeness (QED) is 0.293. The molecular formula is C19H37IN4O. The van der Waals surface area contributed by atoms with E-state index in [1.165, 1.54) is 6.42 Å². The lowest BCUT2D eigenvalue weighted by Gasteiger charge is -2.62. The summed E-state index contributed by atoms with van der Waals surface area (Å²) in [6, 6.07) is 0. The second-order valence-corrected chi connectivity index (χ2v) is 8.31. The molecule has 0 saturated carbocycles. The van der Waals surface area contributed by atoms with Gasteiger partial charge in [-0.1, -0.05) is 20.3 Å². The lowest BCUT2D eigenvalue weighted by molar-refractivity contribution is -0.130. The molecule has 0 aromatic rings. The standard InChI is InChI=1S/C19H36N4O.HI/c1-6-20-17(23-15-18(2,3)19(23,4)5)21-12-10-14-22-13-9-7-8-11-16(22)24;/h6-15H2,1-5H3,(H,20,21);1H. The molecule has 0 aliphatic carbocycles. The molecule has 146 valence electrons. The first-order valence-corrected chi connectivity index (χ1v) is 9.63. The summed E-state index contributed by atoms with van der Waals surface area (Å²) in [4.78, 5) is 21.3. The molecule has 6 heteroatoms. The molecule has 2 rings (SSSR count). The van der Waals surface area contributed by atoms with Gasteiger partial charge in [0.25, 0.3) is 0 Å². The Labute approximate surface area is 171 Å². The number of guanidine groups is 1. The van der Waals surface area contributed by atoms with E-state index in [4.69, 9.17) is 4.99 Å². The Balaban J connectivity index is 0.00000312. The van der Waals surface area contributed by atoms with Crippen LogP contribution in [0.3, 0.4) is 0 Å². The summed E-state index contributed by atoms with van der Waals surface area (Å²) in [6.45, 7) is 15.8. The molecule has 0 radical (unpaired) electrons. The van der Waals surface area contributed by atoms with Crippen LogP contribution in [0.2, 0.25) is 0 Å². The van der Waals surface area contributed by atoms with Gasteiger partial charge in [0.2, 0.25) is 5.91 Å². The van der Waals surface area contributed by atoms with Crippen molar-refractivity contribution in [3.05, 3.63) is 0 Å². The Morgan fingerprint density at radius 1 is 1.20 bits per heavy atom. The minimum Gasteiger partial charge on any atom is -0.356 e. The second-order valence-electron chi connectivity index (χ2n) is 8.31. The molecule has 1 amide bonds. The molecule has 2 saturated heterocycles. The molecule has 2 aliphatic rings. The van der Waals surface area contributed by atoms with Gasteiger partial charge in [0.05, 0.1) is 0 Å². The van der Waals surface area contributed by atoms with E-state index in [9.17, 15) is 4.79 Å². The number of rotatable bonds is 5. The topological polar surface area (TPSA) is 47.9 Å². The predicted molar refractivity (Wildman–Crippen MR) is 116 cm³/mol. The molecule has 1 N–H and O–H groups in total. The predicted octanol–water partition coefficient (Wildman–Crippen LogP) is 3.48. The van der Waals surface area contributed by atoms with Crippen molar-refractivity contribution >= 4 is 35.8 Å². The number of halogens is 1. The third kappa shape index (κ3) is 5.23. The monoisotopic (exact) mass is 464 g/mol. The summed E-state index contributed by atoms with van der Waals surface area (Å²) in [5.74, 6) is 1.35. The van der Waals surface area contributed by atoms with Crippen LogP contribution in [0.25, 0.3) is 0 Å². The van der Waals surface area contributed by atoms with Crippen LogP contribution in [0, 0.1) is 5.41 Å². The Morgan fingerprint density at radius 2 is 1.92 bits per heavy atom. The van der Waals surface area contributed by atoms with Crippen LogP contribution in [0.4, 0.5) is 0 Å². The number of hydrogen-bond donors (Lipinski definition) is 1. The van der Waals surface area contributed by atoms with Crippen molar-refractivity contribution in [2.75, 3.05) is 32.7 Å². The average Bonchev–Trinajstić information content (AvgIpc) is 2.73. The minimum absolute atomic E-state index is 0. The van der Waals surface area contributed by atoms with E-state index in [2.05, 4.69) is 44.8 Å². The van der Waals surface area contributed by atoms with Crippen LogP contribution in [0.1, 0.15) is 66.7 Å². The van der Waals surface area contributed by atoms with E-state index in [1.807, 2.05) is 4.90 Å². The smallest absolute Gasteiger partial charge is 0.222 e. The maximum atomic E-state index is 12.0. The first kappa shape index (κ1) is 22.5. The van der Waals surface area contributed by atoms with Crippen molar-refractivity contribution in [3.8, 4) is 0 Å². The summed E-state index contributed by atoms with van der Waals surface area (Å²) >= 11 is 0. The molecule has 0 aromatic carbocycles. The number of hydrogen-bond acceptors (Lipinski definition) is 2. The molecule has 0 spiro atoms. The largest absolute Gasteiger partial charge is 0.356 e. The van der Waals surface area contributed by atoms with Crippen LogP contribution in [0.5, 0.6) is 0 Å². The van der Waals surface area contributed by atoms with E-state index in [0.717, 1.165) is 64.4 Å². The molecule has 25 heavy (non-hydrogen) atoms. The lowest BCUT2D eigenvalue weighted by atomic mass is 9.65. The van der Waals surface area contributed by atoms with Crippen LogP contribution in [-0.4, -0.2) is 59.9 Å². The van der Waals surface area contributed by atoms with Gasteiger partial charge < -0.3 is 15.1 Å². The zero-order valence-electron chi connectivity index (χ0n) is 16.7. The number of nitrogens with one attached hydrogen (secondary N) is 1. The Morgan fingerprint density at radius 3 is 2.52 bits per heavy atom. The van der Waals surface area contributed by atoms with E-state index in [-0.39, 0.29) is 29.5 Å².